The number of anilines is 1. The molecule has 1 aromatic carbocycles. The summed E-state index contributed by atoms with van der Waals surface area (Å²) in [7, 11) is 0. The van der Waals surface area contributed by atoms with Gasteiger partial charge in [0.15, 0.2) is 5.11 Å². The number of benzene rings is 1. The molecular formula is C13H16N6S. The summed E-state index contributed by atoms with van der Waals surface area (Å²) in [5.74, 6) is 0.562. The molecule has 1 aromatic heterocycles. The predicted molar refractivity (Wildman–Crippen MR) is 85.8 cm³/mol. The third-order valence-corrected chi connectivity index (χ3v) is 2.82. The fraction of sp³-hybridized carbons (Fsp3) is 0.231. The zero-order chi connectivity index (χ0) is 14.5. The molecule has 0 aliphatic rings. The lowest BCUT2D eigenvalue weighted by molar-refractivity contribution is 0.972. The first-order valence-electron chi connectivity index (χ1n) is 6.22. The second-order valence-electron chi connectivity index (χ2n) is 4.11. The van der Waals surface area contributed by atoms with Gasteiger partial charge < -0.3 is 11.1 Å². The second kappa shape index (κ2) is 6.25. The molecular weight excluding hydrogens is 272 g/mol. The molecule has 104 valence electrons. The van der Waals surface area contributed by atoms with Crippen molar-refractivity contribution >= 4 is 40.1 Å². The zero-order valence-corrected chi connectivity index (χ0v) is 12.2. The quantitative estimate of drug-likeness (QED) is 0.441. The summed E-state index contributed by atoms with van der Waals surface area (Å²) in [6.07, 6.45) is 0. The first-order chi connectivity index (χ1) is 9.60. The number of nitrogens with zero attached hydrogens (tertiary/aromatic N) is 3. The van der Waals surface area contributed by atoms with Crippen LogP contribution in [-0.4, -0.2) is 27.6 Å². The molecule has 0 amide bonds. The van der Waals surface area contributed by atoms with E-state index in [-0.39, 0.29) is 5.96 Å². The van der Waals surface area contributed by atoms with Crippen molar-refractivity contribution in [1.29, 1.82) is 0 Å². The maximum atomic E-state index is 5.76. The largest absolute Gasteiger partial charge is 0.369 e. The van der Waals surface area contributed by atoms with E-state index in [0.29, 0.717) is 17.6 Å². The van der Waals surface area contributed by atoms with Crippen molar-refractivity contribution in [3.63, 3.8) is 0 Å². The van der Waals surface area contributed by atoms with Crippen LogP contribution in [0.5, 0.6) is 0 Å². The highest BCUT2D eigenvalue weighted by atomic mass is 32.1. The van der Waals surface area contributed by atoms with Crippen LogP contribution >= 0.6 is 12.2 Å². The van der Waals surface area contributed by atoms with Gasteiger partial charge in [0.1, 0.15) is 0 Å². The highest BCUT2D eigenvalue weighted by Gasteiger charge is 2.05. The minimum Gasteiger partial charge on any atom is -0.369 e. The lowest BCUT2D eigenvalue weighted by atomic mass is 10.2. The molecule has 0 fully saturated rings. The number of rotatable bonds is 2. The van der Waals surface area contributed by atoms with Gasteiger partial charge in [0.25, 0.3) is 0 Å². The van der Waals surface area contributed by atoms with Gasteiger partial charge >= 0.3 is 0 Å². The maximum absolute atomic E-state index is 5.76. The minimum absolute atomic E-state index is 0.158. The van der Waals surface area contributed by atoms with E-state index in [1.165, 1.54) is 0 Å². The Labute approximate surface area is 122 Å². The molecule has 20 heavy (non-hydrogen) atoms. The van der Waals surface area contributed by atoms with Crippen molar-refractivity contribution in [3.8, 4) is 0 Å². The minimum atomic E-state index is 0.158. The molecule has 0 saturated carbocycles. The molecule has 4 N–H and O–H groups in total. The number of aliphatic imine (C=N–C) groups is 1. The standard InChI is InChI=1S/C13H16N6S/c1-3-15-13(20)19-11(14)18-12-16-8(2)9-6-4-5-7-10(9)17-12/h4-7H,3H2,1-2H3,(H4,14,15,16,17,18,19,20). The van der Waals surface area contributed by atoms with Crippen molar-refractivity contribution < 1.29 is 0 Å². The molecule has 2 rings (SSSR count). The highest BCUT2D eigenvalue weighted by molar-refractivity contribution is 7.80. The number of nitrogens with two attached hydrogens (primary N) is 1. The van der Waals surface area contributed by atoms with Gasteiger partial charge in [-0.25, -0.2) is 9.97 Å². The number of fused-ring (bicyclic) bond motifs is 1. The summed E-state index contributed by atoms with van der Waals surface area (Å²) in [4.78, 5) is 12.7. The van der Waals surface area contributed by atoms with Gasteiger partial charge in [0.05, 0.1) is 11.2 Å². The second-order valence-corrected chi connectivity index (χ2v) is 4.49. The van der Waals surface area contributed by atoms with E-state index in [4.69, 9.17) is 18.0 Å². The van der Waals surface area contributed by atoms with Crippen LogP contribution < -0.4 is 16.4 Å². The fourth-order valence-corrected chi connectivity index (χ4v) is 1.98. The Bertz CT molecular complexity index is 667. The van der Waals surface area contributed by atoms with Crippen LogP contribution in [0.25, 0.3) is 10.9 Å². The maximum Gasteiger partial charge on any atom is 0.230 e. The van der Waals surface area contributed by atoms with E-state index in [1.807, 2.05) is 38.1 Å². The molecule has 0 atom stereocenters. The summed E-state index contributed by atoms with van der Waals surface area (Å²) in [6.45, 7) is 4.55. The van der Waals surface area contributed by atoms with Gasteiger partial charge in [-0.2, -0.15) is 4.99 Å². The molecule has 0 radical (unpaired) electrons. The normalized spacial score (nSPS) is 11.4. The Morgan fingerprint density at radius 2 is 2.10 bits per heavy atom. The van der Waals surface area contributed by atoms with Crippen molar-refractivity contribution in [2.24, 2.45) is 10.7 Å². The monoisotopic (exact) mass is 288 g/mol. The van der Waals surface area contributed by atoms with E-state index in [1.54, 1.807) is 0 Å². The van der Waals surface area contributed by atoms with E-state index < -0.39 is 0 Å². The first-order valence-corrected chi connectivity index (χ1v) is 6.63. The number of hydrogen-bond donors (Lipinski definition) is 3. The molecule has 0 bridgehead atoms. The van der Waals surface area contributed by atoms with Crippen molar-refractivity contribution in [2.45, 2.75) is 13.8 Å². The summed E-state index contributed by atoms with van der Waals surface area (Å²) in [6, 6.07) is 7.78. The fourth-order valence-electron chi connectivity index (χ4n) is 1.73. The third kappa shape index (κ3) is 3.39. The number of para-hydroxylation sites is 1. The molecule has 6 nitrogen and oxygen atoms in total. The number of aryl methyl sites for hydroxylation is 1. The first kappa shape index (κ1) is 14.1. The Morgan fingerprint density at radius 1 is 1.35 bits per heavy atom. The van der Waals surface area contributed by atoms with Gasteiger partial charge in [-0.3, -0.25) is 5.32 Å². The molecule has 1 heterocycles. The zero-order valence-electron chi connectivity index (χ0n) is 11.3. The molecule has 7 heteroatoms. The smallest absolute Gasteiger partial charge is 0.230 e. The number of nitrogens with one attached hydrogen (secondary N) is 2. The summed E-state index contributed by atoms with van der Waals surface area (Å²) >= 11 is 4.99. The Morgan fingerprint density at radius 3 is 2.85 bits per heavy atom. The lowest BCUT2D eigenvalue weighted by Gasteiger charge is -2.07. The van der Waals surface area contributed by atoms with Crippen LogP contribution in [0.2, 0.25) is 0 Å². The summed E-state index contributed by atoms with van der Waals surface area (Å²) in [5.41, 5.74) is 7.49. The van der Waals surface area contributed by atoms with E-state index >= 15 is 0 Å². The van der Waals surface area contributed by atoms with E-state index in [0.717, 1.165) is 16.6 Å². The van der Waals surface area contributed by atoms with Gasteiger partial charge in [0, 0.05) is 11.9 Å². The van der Waals surface area contributed by atoms with Gasteiger partial charge in [0.2, 0.25) is 11.9 Å². The van der Waals surface area contributed by atoms with E-state index in [9.17, 15) is 0 Å². The van der Waals surface area contributed by atoms with Crippen LogP contribution in [0.15, 0.2) is 29.3 Å². The number of guanidine groups is 1. The van der Waals surface area contributed by atoms with Gasteiger partial charge in [-0.15, -0.1) is 0 Å². The topological polar surface area (TPSA) is 88.2 Å². The Kier molecular flexibility index (Phi) is 4.41. The summed E-state index contributed by atoms with van der Waals surface area (Å²) < 4.78 is 0. The molecule has 0 saturated heterocycles. The van der Waals surface area contributed by atoms with Crippen LogP contribution in [-0.2, 0) is 0 Å². The van der Waals surface area contributed by atoms with Crippen LogP contribution in [0.1, 0.15) is 12.6 Å². The van der Waals surface area contributed by atoms with Crippen molar-refractivity contribution in [3.05, 3.63) is 30.0 Å². The predicted octanol–water partition coefficient (Wildman–Crippen LogP) is 1.56. The number of hydrogen-bond acceptors (Lipinski definition) is 3. The molecule has 0 unspecified atom stereocenters. The summed E-state index contributed by atoms with van der Waals surface area (Å²) in [5, 5.41) is 7.07. The molecule has 2 aromatic rings. The van der Waals surface area contributed by atoms with Gasteiger partial charge in [-0.05, 0) is 32.1 Å². The number of aromatic nitrogens is 2. The SMILES string of the molecule is CCNC(=S)N=C(N)Nc1nc(C)c2ccccc2n1. The number of thiocarbonyl (C=S) groups is 1. The van der Waals surface area contributed by atoms with Crippen LogP contribution in [0.3, 0.4) is 0 Å². The molecule has 0 aliphatic carbocycles. The van der Waals surface area contributed by atoms with Crippen molar-refractivity contribution in [2.75, 3.05) is 11.9 Å². The third-order valence-electron chi connectivity index (χ3n) is 2.58. The molecule has 0 spiro atoms. The van der Waals surface area contributed by atoms with E-state index in [2.05, 4.69) is 25.6 Å². The van der Waals surface area contributed by atoms with Crippen LogP contribution in [0.4, 0.5) is 5.95 Å². The van der Waals surface area contributed by atoms with Crippen LogP contribution in [0, 0.1) is 6.92 Å². The lowest BCUT2D eigenvalue weighted by Crippen LogP contribution is -2.28. The van der Waals surface area contributed by atoms with Gasteiger partial charge in [-0.1, -0.05) is 18.2 Å². The average molecular weight is 288 g/mol. The van der Waals surface area contributed by atoms with Crippen molar-refractivity contribution in [1.82, 2.24) is 15.3 Å². The molecule has 0 aliphatic heterocycles. The Balaban J connectivity index is 2.24. The highest BCUT2D eigenvalue weighted by Crippen LogP contribution is 2.16. The Hall–Kier alpha value is -2.28. The average Bonchev–Trinajstić information content (AvgIpc) is 2.38.